The van der Waals surface area contributed by atoms with Crippen LogP contribution in [0.4, 0.5) is 0 Å². The van der Waals surface area contributed by atoms with Gasteiger partial charge >= 0.3 is 5.97 Å². The van der Waals surface area contributed by atoms with Gasteiger partial charge in [0.05, 0.1) is 6.20 Å². The Morgan fingerprint density at radius 3 is 2.76 bits per heavy atom. The molecule has 0 aliphatic carbocycles. The van der Waals surface area contributed by atoms with Crippen LogP contribution in [0.5, 0.6) is 0 Å². The van der Waals surface area contributed by atoms with Crippen LogP contribution in [-0.4, -0.2) is 35.6 Å². The number of aromatic carboxylic acids is 1. The molecule has 0 amide bonds. The van der Waals surface area contributed by atoms with Gasteiger partial charge < -0.3 is 5.11 Å². The molecule has 21 heavy (non-hydrogen) atoms. The predicted octanol–water partition coefficient (Wildman–Crippen LogP) is 1.67. The average Bonchev–Trinajstić information content (AvgIpc) is 3.04. The molecule has 0 aromatic carbocycles. The molecule has 0 saturated heterocycles. The molecule has 3 heterocycles. The molecule has 106 valence electrons. The van der Waals surface area contributed by atoms with E-state index in [0.717, 1.165) is 5.56 Å². The van der Waals surface area contributed by atoms with Crippen LogP contribution in [0.15, 0.2) is 36.9 Å². The minimum absolute atomic E-state index is 0.117. The summed E-state index contributed by atoms with van der Waals surface area (Å²) in [4.78, 5) is 15.6. The van der Waals surface area contributed by atoms with Crippen molar-refractivity contribution in [1.82, 2.24) is 24.5 Å². The number of carboxylic acids is 1. The molecular weight excluding hydrogens is 270 g/mol. The van der Waals surface area contributed by atoms with Crippen molar-refractivity contribution in [2.24, 2.45) is 7.05 Å². The zero-order valence-electron chi connectivity index (χ0n) is 11.6. The number of nitrogens with zero attached hydrogens (tertiary/aromatic N) is 5. The number of rotatable bonds is 3. The van der Waals surface area contributed by atoms with Crippen LogP contribution in [0, 0.1) is 6.92 Å². The first-order chi connectivity index (χ1) is 10.0. The van der Waals surface area contributed by atoms with Crippen LogP contribution in [-0.2, 0) is 7.05 Å². The summed E-state index contributed by atoms with van der Waals surface area (Å²) in [5.74, 6) is -0.458. The first kappa shape index (κ1) is 13.0. The summed E-state index contributed by atoms with van der Waals surface area (Å²) in [6.07, 6.45) is 6.44. The third-order valence-corrected chi connectivity index (χ3v) is 3.06. The average molecular weight is 283 g/mol. The standard InChI is InChI=1S/C14H13N5O2/c1-9-3-4-15-12(5-9)19-8-11(14(20)21)13(17-19)10-6-16-18(2)7-10/h3-8H,1-2H3,(H,20,21). The lowest BCUT2D eigenvalue weighted by Gasteiger charge is -2.00. The van der Waals surface area contributed by atoms with Crippen molar-refractivity contribution in [2.45, 2.75) is 6.92 Å². The van der Waals surface area contributed by atoms with Crippen molar-refractivity contribution in [2.75, 3.05) is 0 Å². The van der Waals surface area contributed by atoms with Crippen molar-refractivity contribution < 1.29 is 9.90 Å². The van der Waals surface area contributed by atoms with Crippen LogP contribution in [0.25, 0.3) is 17.1 Å². The summed E-state index contributed by atoms with van der Waals surface area (Å²) in [5.41, 5.74) is 2.17. The number of hydrogen-bond donors (Lipinski definition) is 1. The lowest BCUT2D eigenvalue weighted by atomic mass is 10.1. The fraction of sp³-hybridized carbons (Fsp3) is 0.143. The van der Waals surface area contributed by atoms with E-state index in [1.54, 1.807) is 30.3 Å². The van der Waals surface area contributed by atoms with Crippen molar-refractivity contribution in [1.29, 1.82) is 0 Å². The molecular formula is C14H13N5O2. The van der Waals surface area contributed by atoms with E-state index in [1.807, 2.05) is 19.1 Å². The van der Waals surface area contributed by atoms with E-state index < -0.39 is 5.97 Å². The highest BCUT2D eigenvalue weighted by molar-refractivity contribution is 5.94. The van der Waals surface area contributed by atoms with Gasteiger partial charge in [-0.15, -0.1) is 0 Å². The molecule has 0 radical (unpaired) electrons. The Balaban J connectivity index is 2.15. The van der Waals surface area contributed by atoms with E-state index in [2.05, 4.69) is 15.2 Å². The number of hydrogen-bond acceptors (Lipinski definition) is 4. The summed E-state index contributed by atoms with van der Waals surface area (Å²) in [5, 5.41) is 17.7. The highest BCUT2D eigenvalue weighted by Gasteiger charge is 2.19. The smallest absolute Gasteiger partial charge is 0.339 e. The van der Waals surface area contributed by atoms with Gasteiger partial charge in [0.2, 0.25) is 0 Å². The third-order valence-electron chi connectivity index (χ3n) is 3.06. The third kappa shape index (κ3) is 2.40. The van der Waals surface area contributed by atoms with Crippen molar-refractivity contribution in [3.63, 3.8) is 0 Å². The molecule has 3 aromatic rings. The first-order valence-electron chi connectivity index (χ1n) is 6.29. The van der Waals surface area contributed by atoms with Crippen LogP contribution in [0.3, 0.4) is 0 Å². The fourth-order valence-electron chi connectivity index (χ4n) is 2.05. The quantitative estimate of drug-likeness (QED) is 0.790. The van der Waals surface area contributed by atoms with Gasteiger partial charge in [-0.1, -0.05) is 0 Å². The van der Waals surface area contributed by atoms with E-state index in [4.69, 9.17) is 0 Å². The summed E-state index contributed by atoms with van der Waals surface area (Å²) in [6, 6.07) is 3.71. The summed E-state index contributed by atoms with van der Waals surface area (Å²) >= 11 is 0. The number of aryl methyl sites for hydroxylation is 2. The molecule has 0 spiro atoms. The van der Waals surface area contributed by atoms with Gasteiger partial charge in [0.25, 0.3) is 0 Å². The van der Waals surface area contributed by atoms with Crippen LogP contribution in [0.2, 0.25) is 0 Å². The number of pyridine rings is 1. The molecule has 0 saturated carbocycles. The van der Waals surface area contributed by atoms with E-state index in [0.29, 0.717) is 17.1 Å². The fourth-order valence-corrected chi connectivity index (χ4v) is 2.05. The second-order valence-electron chi connectivity index (χ2n) is 4.74. The van der Waals surface area contributed by atoms with Crippen LogP contribution < -0.4 is 0 Å². The molecule has 1 N–H and O–H groups in total. The van der Waals surface area contributed by atoms with E-state index in [-0.39, 0.29) is 5.56 Å². The lowest BCUT2D eigenvalue weighted by Crippen LogP contribution is -1.98. The monoisotopic (exact) mass is 283 g/mol. The summed E-state index contributed by atoms with van der Waals surface area (Å²) in [6.45, 7) is 1.94. The molecule has 0 fully saturated rings. The van der Waals surface area contributed by atoms with Gasteiger partial charge in [-0.3, -0.25) is 4.68 Å². The van der Waals surface area contributed by atoms with Crippen LogP contribution in [0.1, 0.15) is 15.9 Å². The predicted molar refractivity (Wildman–Crippen MR) is 75.3 cm³/mol. The summed E-state index contributed by atoms with van der Waals surface area (Å²) in [7, 11) is 1.77. The Hall–Kier alpha value is -2.96. The maximum atomic E-state index is 11.4. The maximum Gasteiger partial charge on any atom is 0.339 e. The number of carboxylic acid groups (broad SMARTS) is 1. The Kier molecular flexibility index (Phi) is 3.02. The molecule has 7 nitrogen and oxygen atoms in total. The lowest BCUT2D eigenvalue weighted by molar-refractivity contribution is 0.0697. The zero-order chi connectivity index (χ0) is 15.0. The van der Waals surface area contributed by atoms with Crippen LogP contribution >= 0.6 is 0 Å². The Labute approximate surface area is 120 Å². The second kappa shape index (κ2) is 4.86. The largest absolute Gasteiger partial charge is 0.478 e. The van der Waals surface area contributed by atoms with Gasteiger partial charge in [-0.2, -0.15) is 10.2 Å². The van der Waals surface area contributed by atoms with E-state index in [9.17, 15) is 9.90 Å². The van der Waals surface area contributed by atoms with E-state index >= 15 is 0 Å². The topological polar surface area (TPSA) is 85.8 Å². The highest BCUT2D eigenvalue weighted by atomic mass is 16.4. The Morgan fingerprint density at radius 1 is 1.33 bits per heavy atom. The minimum Gasteiger partial charge on any atom is -0.478 e. The molecule has 3 rings (SSSR count). The van der Waals surface area contributed by atoms with Gasteiger partial charge in [0, 0.05) is 31.2 Å². The highest BCUT2D eigenvalue weighted by Crippen LogP contribution is 2.22. The van der Waals surface area contributed by atoms with Gasteiger partial charge in [-0.05, 0) is 24.6 Å². The number of carbonyl (C=O) groups is 1. The summed E-state index contributed by atoms with van der Waals surface area (Å²) < 4.78 is 3.07. The molecule has 0 aliphatic heterocycles. The zero-order valence-corrected chi connectivity index (χ0v) is 11.6. The Morgan fingerprint density at radius 2 is 2.14 bits per heavy atom. The normalized spacial score (nSPS) is 10.8. The van der Waals surface area contributed by atoms with Gasteiger partial charge in [-0.25, -0.2) is 14.5 Å². The van der Waals surface area contributed by atoms with Crippen molar-refractivity contribution in [3.05, 3.63) is 48.0 Å². The Bertz CT molecular complexity index is 818. The molecule has 0 bridgehead atoms. The van der Waals surface area contributed by atoms with Gasteiger partial charge in [0.15, 0.2) is 5.82 Å². The van der Waals surface area contributed by atoms with Crippen molar-refractivity contribution in [3.8, 4) is 17.1 Å². The first-order valence-corrected chi connectivity index (χ1v) is 6.29. The SMILES string of the molecule is Cc1ccnc(-n2cc(C(=O)O)c(-c3cnn(C)c3)n2)c1. The molecule has 7 heteroatoms. The molecule has 0 aliphatic rings. The van der Waals surface area contributed by atoms with E-state index in [1.165, 1.54) is 10.9 Å². The minimum atomic E-state index is -1.03. The van der Waals surface area contributed by atoms with Crippen molar-refractivity contribution >= 4 is 5.97 Å². The molecule has 3 aromatic heterocycles. The molecule has 0 unspecified atom stereocenters. The second-order valence-corrected chi connectivity index (χ2v) is 4.74. The van der Waals surface area contributed by atoms with Gasteiger partial charge in [0.1, 0.15) is 11.3 Å². The molecule has 0 atom stereocenters. The maximum absolute atomic E-state index is 11.4. The number of aromatic nitrogens is 5.